The summed E-state index contributed by atoms with van der Waals surface area (Å²) in [6.07, 6.45) is -2.39. The molecule has 33 heavy (non-hydrogen) atoms. The van der Waals surface area contributed by atoms with E-state index in [1.165, 1.54) is 0 Å². The van der Waals surface area contributed by atoms with Crippen LogP contribution in [0.15, 0.2) is 5.28 Å². The molecule has 1 N–H and O–H groups in total. The number of likely N-dealkylation sites (N-methyl/N-ethyl adjacent to an activating group) is 1. The molecule has 0 aromatic carbocycles. The van der Waals surface area contributed by atoms with Gasteiger partial charge in [0.25, 0.3) is 0 Å². The van der Waals surface area contributed by atoms with E-state index in [1.807, 2.05) is 27.7 Å². The molecule has 0 unspecified atom stereocenters. The number of carbonyl (C=O) groups is 2. The Labute approximate surface area is 193 Å². The normalized spacial score (nSPS) is 19.8. The predicted molar refractivity (Wildman–Crippen MR) is 113 cm³/mol. The Morgan fingerprint density at radius 3 is 2.00 bits per heavy atom. The standard InChI is InChI=1S/C18H37N4O4.C2HF3O2/c1-8-20(18(2,3)4)21(24)19-26-16-11-9-15(10-12-16)17(23)25-14-13-22(5,6)7;3-2(4,5)1(6)7/h15-16H,8-14H2,1-7H3;(H,6,7)/q+1;/b21-19-;. The summed E-state index contributed by atoms with van der Waals surface area (Å²) in [7, 11) is 6.20. The SMILES string of the molecule is CCN(/[N+]([O-])=N/OC1CCC(C(=O)OCC[N+](C)(C)C)CC1)C(C)(C)C.O=C(O)C(F)(F)F. The predicted octanol–water partition coefficient (Wildman–Crippen LogP) is 3.36. The number of alkyl halides is 3. The quantitative estimate of drug-likeness (QED) is 0.184. The second-order valence-electron chi connectivity index (χ2n) is 9.78. The Balaban J connectivity index is 0.00000126. The number of esters is 1. The van der Waals surface area contributed by atoms with Crippen molar-refractivity contribution in [3.8, 4) is 0 Å². The van der Waals surface area contributed by atoms with E-state index in [1.54, 1.807) is 5.01 Å². The third-order valence-electron chi connectivity index (χ3n) is 4.80. The second kappa shape index (κ2) is 12.8. The van der Waals surface area contributed by atoms with Gasteiger partial charge in [-0.3, -0.25) is 4.79 Å². The van der Waals surface area contributed by atoms with Crippen molar-refractivity contribution in [2.45, 2.75) is 71.2 Å². The fourth-order valence-electron chi connectivity index (χ4n) is 2.94. The van der Waals surface area contributed by atoms with Gasteiger partial charge in [0.05, 0.1) is 44.1 Å². The van der Waals surface area contributed by atoms with Gasteiger partial charge in [0.2, 0.25) is 5.28 Å². The number of ether oxygens (including phenoxy) is 1. The van der Waals surface area contributed by atoms with E-state index in [0.29, 0.717) is 43.8 Å². The topological polar surface area (TPSA) is 115 Å². The average Bonchev–Trinajstić information content (AvgIpc) is 2.64. The highest BCUT2D eigenvalue weighted by molar-refractivity contribution is 5.73. The number of carboxylic acid groups (broad SMARTS) is 1. The Bertz CT molecular complexity index is 652. The van der Waals surface area contributed by atoms with Crippen LogP contribution >= 0.6 is 0 Å². The number of hydrogen-bond acceptors (Lipinski definition) is 6. The third kappa shape index (κ3) is 13.1. The molecule has 13 heteroatoms. The van der Waals surface area contributed by atoms with Crippen LogP contribution in [0.1, 0.15) is 53.4 Å². The van der Waals surface area contributed by atoms with Gasteiger partial charge in [-0.05, 0) is 53.4 Å². The van der Waals surface area contributed by atoms with E-state index in [2.05, 4.69) is 26.4 Å². The Kier molecular flexibility index (Phi) is 11.9. The summed E-state index contributed by atoms with van der Waals surface area (Å²) in [5.41, 5.74) is -0.323. The van der Waals surface area contributed by atoms with Gasteiger partial charge in [0.15, 0.2) is 0 Å². The van der Waals surface area contributed by atoms with E-state index in [-0.39, 0.29) is 23.5 Å². The number of rotatable bonds is 8. The maximum absolute atomic E-state index is 12.1. The van der Waals surface area contributed by atoms with Crippen LogP contribution in [0.3, 0.4) is 0 Å². The van der Waals surface area contributed by atoms with Crippen molar-refractivity contribution >= 4 is 11.9 Å². The fraction of sp³-hybridized carbons (Fsp3) is 0.900. The van der Waals surface area contributed by atoms with E-state index in [9.17, 15) is 23.2 Å². The summed E-state index contributed by atoms with van der Waals surface area (Å²) in [5.74, 6) is -2.95. The number of carbonyl (C=O) groups excluding carboxylic acids is 1. The lowest BCUT2D eigenvalue weighted by Gasteiger charge is -2.30. The molecule has 0 atom stereocenters. The smallest absolute Gasteiger partial charge is 0.490 e. The van der Waals surface area contributed by atoms with Crippen LogP contribution in [0.25, 0.3) is 0 Å². The molecular formula is C20H38F3N4O6+. The number of hydrazine groups is 1. The molecule has 1 aliphatic rings. The first kappa shape index (κ1) is 30.7. The summed E-state index contributed by atoms with van der Waals surface area (Å²) in [6.45, 7) is 9.54. The molecule has 10 nitrogen and oxygen atoms in total. The van der Waals surface area contributed by atoms with Crippen LogP contribution in [0.2, 0.25) is 0 Å². The van der Waals surface area contributed by atoms with Gasteiger partial charge in [-0.25, -0.2) is 4.79 Å². The number of aliphatic carboxylic acids is 1. The molecule has 0 spiro atoms. The molecule has 1 fully saturated rings. The zero-order valence-electron chi connectivity index (χ0n) is 20.5. The van der Waals surface area contributed by atoms with Gasteiger partial charge < -0.3 is 24.4 Å². The van der Waals surface area contributed by atoms with Gasteiger partial charge in [-0.1, -0.05) is 0 Å². The van der Waals surface area contributed by atoms with Crippen molar-refractivity contribution in [1.82, 2.24) is 5.01 Å². The van der Waals surface area contributed by atoms with Gasteiger partial charge in [-0.2, -0.15) is 13.2 Å². The van der Waals surface area contributed by atoms with Crippen molar-refractivity contribution in [1.29, 1.82) is 0 Å². The highest BCUT2D eigenvalue weighted by Crippen LogP contribution is 2.27. The zero-order valence-corrected chi connectivity index (χ0v) is 20.5. The summed E-state index contributed by atoms with van der Waals surface area (Å²) >= 11 is 0. The van der Waals surface area contributed by atoms with Crippen LogP contribution in [0.4, 0.5) is 13.2 Å². The summed E-state index contributed by atoms with van der Waals surface area (Å²) in [5, 5.41) is 24.5. The molecule has 1 rings (SSSR count). The number of carboxylic acids is 1. The summed E-state index contributed by atoms with van der Waals surface area (Å²) in [4.78, 5) is 27.0. The molecule has 0 aromatic heterocycles. The van der Waals surface area contributed by atoms with Crippen molar-refractivity contribution < 1.29 is 46.9 Å². The molecule has 0 saturated heterocycles. The first-order chi connectivity index (χ1) is 14.9. The Morgan fingerprint density at radius 1 is 1.15 bits per heavy atom. The largest absolute Gasteiger partial charge is 0.569 e. The Hall–Kier alpha value is -2.31. The van der Waals surface area contributed by atoms with Gasteiger partial charge in [-0.15, -0.1) is 5.01 Å². The molecule has 0 heterocycles. The fourth-order valence-corrected chi connectivity index (χ4v) is 2.94. The molecule has 1 saturated carbocycles. The lowest BCUT2D eigenvalue weighted by atomic mass is 9.87. The van der Waals surface area contributed by atoms with Crippen LogP contribution in [0.5, 0.6) is 0 Å². The minimum absolute atomic E-state index is 0.0765. The van der Waals surface area contributed by atoms with Crippen LogP contribution < -0.4 is 0 Å². The zero-order chi connectivity index (χ0) is 26.0. The maximum atomic E-state index is 12.1. The van der Waals surface area contributed by atoms with Crippen molar-refractivity contribution in [2.24, 2.45) is 11.2 Å². The molecule has 0 bridgehead atoms. The van der Waals surface area contributed by atoms with Crippen LogP contribution in [-0.2, 0) is 19.2 Å². The Morgan fingerprint density at radius 2 is 1.64 bits per heavy atom. The number of halogens is 3. The highest BCUT2D eigenvalue weighted by Gasteiger charge is 2.38. The van der Waals surface area contributed by atoms with Crippen LogP contribution in [-0.4, -0.2) is 90.2 Å². The molecule has 1 aliphatic carbocycles. The monoisotopic (exact) mass is 487 g/mol. The van der Waals surface area contributed by atoms with E-state index in [0.717, 1.165) is 11.0 Å². The third-order valence-corrected chi connectivity index (χ3v) is 4.80. The minimum atomic E-state index is -5.08. The van der Waals surface area contributed by atoms with Crippen LogP contribution in [0, 0.1) is 11.1 Å². The van der Waals surface area contributed by atoms with E-state index < -0.39 is 12.1 Å². The van der Waals surface area contributed by atoms with Gasteiger partial charge in [0.1, 0.15) is 19.3 Å². The molecule has 0 aliphatic heterocycles. The molecule has 194 valence electrons. The van der Waals surface area contributed by atoms with E-state index >= 15 is 0 Å². The highest BCUT2D eigenvalue weighted by atomic mass is 19.4. The first-order valence-electron chi connectivity index (χ1n) is 10.8. The van der Waals surface area contributed by atoms with Crippen molar-refractivity contribution in [2.75, 3.05) is 40.8 Å². The first-order valence-corrected chi connectivity index (χ1v) is 10.8. The molecule has 0 radical (unpaired) electrons. The lowest BCUT2D eigenvalue weighted by molar-refractivity contribution is -0.870. The average molecular weight is 488 g/mol. The minimum Gasteiger partial charge on any atom is -0.569 e. The maximum Gasteiger partial charge on any atom is 0.490 e. The van der Waals surface area contributed by atoms with E-state index in [4.69, 9.17) is 19.5 Å². The van der Waals surface area contributed by atoms with Crippen molar-refractivity contribution in [3.63, 3.8) is 0 Å². The second-order valence-corrected chi connectivity index (χ2v) is 9.78. The number of quaternary nitrogens is 1. The summed E-state index contributed by atoms with van der Waals surface area (Å²) in [6, 6.07) is 0. The van der Waals surface area contributed by atoms with Gasteiger partial charge >= 0.3 is 18.1 Å². The molecular weight excluding hydrogens is 449 g/mol. The summed E-state index contributed by atoms with van der Waals surface area (Å²) < 4.78 is 37.9. The molecule has 0 aromatic rings. The number of nitrogens with zero attached hydrogens (tertiary/aromatic N) is 4. The van der Waals surface area contributed by atoms with Gasteiger partial charge in [0, 0.05) is 0 Å². The van der Waals surface area contributed by atoms with Crippen molar-refractivity contribution in [3.05, 3.63) is 5.21 Å². The number of hydrogen-bond donors (Lipinski definition) is 1. The molecule has 0 amide bonds. The lowest BCUT2D eigenvalue weighted by Crippen LogP contribution is -2.45.